The molecular formula is C21H31NO3. The van der Waals surface area contributed by atoms with Crippen molar-refractivity contribution in [2.45, 2.75) is 65.7 Å². The van der Waals surface area contributed by atoms with Gasteiger partial charge in [-0.3, -0.25) is 9.59 Å². The Balaban J connectivity index is 1.69. The summed E-state index contributed by atoms with van der Waals surface area (Å²) in [4.78, 5) is 24.3. The lowest BCUT2D eigenvalue weighted by Crippen LogP contribution is -2.54. The minimum absolute atomic E-state index is 0.0108. The van der Waals surface area contributed by atoms with E-state index >= 15 is 0 Å². The Kier molecular flexibility index (Phi) is 3.82. The minimum Gasteiger partial charge on any atom is -0.469 e. The molecule has 4 nitrogen and oxygen atoms in total. The molecule has 1 aliphatic heterocycles. The highest BCUT2D eigenvalue weighted by atomic mass is 16.5. The topological polar surface area (TPSA) is 55.4 Å². The number of ether oxygens (including phenoxy) is 1. The van der Waals surface area contributed by atoms with E-state index in [1.165, 1.54) is 18.4 Å². The summed E-state index contributed by atoms with van der Waals surface area (Å²) in [6.45, 7) is 6.91. The lowest BCUT2D eigenvalue weighted by Gasteiger charge is -2.58. The Bertz CT molecular complexity index is 654. The van der Waals surface area contributed by atoms with Gasteiger partial charge in [-0.2, -0.15) is 0 Å². The fourth-order valence-electron chi connectivity index (χ4n) is 7.16. The Morgan fingerprint density at radius 2 is 1.92 bits per heavy atom. The van der Waals surface area contributed by atoms with Gasteiger partial charge in [-0.15, -0.1) is 0 Å². The van der Waals surface area contributed by atoms with Crippen molar-refractivity contribution in [1.82, 2.24) is 5.32 Å². The van der Waals surface area contributed by atoms with Crippen molar-refractivity contribution < 1.29 is 14.3 Å². The van der Waals surface area contributed by atoms with Crippen LogP contribution in [-0.4, -0.2) is 19.0 Å². The molecular weight excluding hydrogens is 314 g/mol. The summed E-state index contributed by atoms with van der Waals surface area (Å²) in [5.41, 5.74) is 2.77. The van der Waals surface area contributed by atoms with Gasteiger partial charge in [-0.25, -0.2) is 0 Å². The summed E-state index contributed by atoms with van der Waals surface area (Å²) >= 11 is 0. The molecule has 1 amide bonds. The maximum atomic E-state index is 12.3. The van der Waals surface area contributed by atoms with Crippen molar-refractivity contribution in [2.24, 2.45) is 34.5 Å². The van der Waals surface area contributed by atoms with Crippen LogP contribution in [0.2, 0.25) is 0 Å². The van der Waals surface area contributed by atoms with Crippen LogP contribution in [0.1, 0.15) is 65.7 Å². The molecule has 138 valence electrons. The van der Waals surface area contributed by atoms with Crippen molar-refractivity contribution >= 4 is 11.9 Å². The van der Waals surface area contributed by atoms with E-state index in [0.29, 0.717) is 24.2 Å². The molecule has 6 atom stereocenters. The molecule has 4 heteroatoms. The van der Waals surface area contributed by atoms with Crippen LogP contribution in [0.5, 0.6) is 0 Å². The quantitative estimate of drug-likeness (QED) is 0.735. The number of esters is 1. The number of hydrogen-bond acceptors (Lipinski definition) is 3. The van der Waals surface area contributed by atoms with Crippen LogP contribution in [0.15, 0.2) is 11.3 Å². The molecule has 0 aromatic rings. The zero-order valence-corrected chi connectivity index (χ0v) is 16.0. The number of hydrogen-bond donors (Lipinski definition) is 1. The monoisotopic (exact) mass is 345 g/mol. The van der Waals surface area contributed by atoms with Gasteiger partial charge >= 0.3 is 5.97 Å². The Labute approximate surface area is 150 Å². The highest BCUT2D eigenvalue weighted by molar-refractivity contribution is 5.80. The fourth-order valence-corrected chi connectivity index (χ4v) is 7.16. The van der Waals surface area contributed by atoms with E-state index in [1.54, 1.807) is 0 Å². The molecule has 0 radical (unpaired) electrons. The predicted octanol–water partition coefficient (Wildman–Crippen LogP) is 3.81. The maximum absolute atomic E-state index is 12.3. The van der Waals surface area contributed by atoms with Gasteiger partial charge in [-0.05, 0) is 68.6 Å². The first-order chi connectivity index (χ1) is 11.8. The zero-order valence-electron chi connectivity index (χ0n) is 16.0. The van der Waals surface area contributed by atoms with Crippen molar-refractivity contribution in [2.75, 3.05) is 7.11 Å². The highest BCUT2D eigenvalue weighted by Crippen LogP contribution is 2.66. The van der Waals surface area contributed by atoms with Crippen molar-refractivity contribution in [3.8, 4) is 0 Å². The molecule has 3 fully saturated rings. The van der Waals surface area contributed by atoms with E-state index in [2.05, 4.69) is 26.1 Å². The number of amides is 1. The normalized spacial score (nSPS) is 46.0. The van der Waals surface area contributed by atoms with Crippen molar-refractivity contribution in [3.63, 3.8) is 0 Å². The number of nitrogens with one attached hydrogen (secondary N) is 1. The van der Waals surface area contributed by atoms with Crippen LogP contribution in [0.4, 0.5) is 0 Å². The third-order valence-electron chi connectivity index (χ3n) is 8.42. The van der Waals surface area contributed by atoms with E-state index in [0.717, 1.165) is 38.5 Å². The predicted molar refractivity (Wildman–Crippen MR) is 95.4 cm³/mol. The number of fused-ring (bicyclic) bond motifs is 5. The summed E-state index contributed by atoms with van der Waals surface area (Å²) in [5.74, 6) is 2.09. The second kappa shape index (κ2) is 5.59. The van der Waals surface area contributed by atoms with Crippen LogP contribution in [0.25, 0.3) is 0 Å². The molecule has 0 aromatic heterocycles. The summed E-state index contributed by atoms with van der Waals surface area (Å²) in [6.07, 6.45) is 7.06. The Hall–Kier alpha value is -1.32. The zero-order chi connectivity index (χ0) is 18.0. The van der Waals surface area contributed by atoms with Crippen molar-refractivity contribution in [3.05, 3.63) is 11.3 Å². The molecule has 4 rings (SSSR count). The molecule has 2 saturated carbocycles. The average Bonchev–Trinajstić information content (AvgIpc) is 2.93. The summed E-state index contributed by atoms with van der Waals surface area (Å²) < 4.78 is 5.13. The number of methoxy groups -OCH3 is 1. The van der Waals surface area contributed by atoms with Gasteiger partial charge in [0.15, 0.2) is 0 Å². The van der Waals surface area contributed by atoms with Gasteiger partial charge in [0.25, 0.3) is 0 Å². The van der Waals surface area contributed by atoms with Gasteiger partial charge in [-0.1, -0.05) is 19.4 Å². The smallest absolute Gasteiger partial charge is 0.309 e. The maximum Gasteiger partial charge on any atom is 0.309 e. The molecule has 6 unspecified atom stereocenters. The molecule has 4 aliphatic rings. The number of carbonyl (C=O) groups excluding carboxylic acids is 2. The third-order valence-corrected chi connectivity index (χ3v) is 8.42. The molecule has 25 heavy (non-hydrogen) atoms. The number of rotatable bonds is 1. The second-order valence-corrected chi connectivity index (χ2v) is 9.40. The standard InChI is InChI=1S/C21H31NO3/c1-12-11-13-14-5-6-16(19(24)25-4)20(14,2)9-7-15(13)21(3)10-8-17(23)22-18(12)21/h13-16H,5-11H2,1-4H3,(H,22,23). The van der Waals surface area contributed by atoms with Gasteiger partial charge in [0, 0.05) is 17.5 Å². The van der Waals surface area contributed by atoms with Crippen LogP contribution in [0.3, 0.4) is 0 Å². The molecule has 1 N–H and O–H groups in total. The SMILES string of the molecule is COC(=O)C1CCC2C3CC(C)=C4NC(=O)CCC4(C)C3CCC12C. The lowest BCUT2D eigenvalue weighted by molar-refractivity contribution is -0.152. The van der Waals surface area contributed by atoms with E-state index in [4.69, 9.17) is 4.74 Å². The second-order valence-electron chi connectivity index (χ2n) is 9.40. The first-order valence-corrected chi connectivity index (χ1v) is 9.89. The first kappa shape index (κ1) is 17.1. The van der Waals surface area contributed by atoms with Crippen molar-refractivity contribution in [1.29, 1.82) is 0 Å². The van der Waals surface area contributed by atoms with Gasteiger partial charge in [0.1, 0.15) is 0 Å². The van der Waals surface area contributed by atoms with E-state index in [1.807, 2.05) is 0 Å². The largest absolute Gasteiger partial charge is 0.469 e. The number of carbonyl (C=O) groups is 2. The molecule has 0 aromatic carbocycles. The van der Waals surface area contributed by atoms with Crippen LogP contribution in [-0.2, 0) is 14.3 Å². The van der Waals surface area contributed by atoms with E-state index < -0.39 is 0 Å². The summed E-state index contributed by atoms with van der Waals surface area (Å²) in [6, 6.07) is 0. The molecule has 1 heterocycles. The molecule has 0 spiro atoms. The number of allylic oxidation sites excluding steroid dienone is 2. The summed E-state index contributed by atoms with van der Waals surface area (Å²) in [5, 5.41) is 3.21. The highest BCUT2D eigenvalue weighted by Gasteiger charge is 2.61. The average molecular weight is 345 g/mol. The van der Waals surface area contributed by atoms with Crippen LogP contribution >= 0.6 is 0 Å². The summed E-state index contributed by atoms with van der Waals surface area (Å²) in [7, 11) is 1.52. The number of piperidine rings is 1. The van der Waals surface area contributed by atoms with Crippen LogP contribution in [0, 0.1) is 34.5 Å². The van der Waals surface area contributed by atoms with Crippen LogP contribution < -0.4 is 5.32 Å². The van der Waals surface area contributed by atoms with Gasteiger partial charge < -0.3 is 10.1 Å². The molecule has 3 aliphatic carbocycles. The van der Waals surface area contributed by atoms with E-state index in [-0.39, 0.29) is 28.6 Å². The Morgan fingerprint density at radius 1 is 1.16 bits per heavy atom. The van der Waals surface area contributed by atoms with Gasteiger partial charge in [0.05, 0.1) is 13.0 Å². The first-order valence-electron chi connectivity index (χ1n) is 9.89. The minimum atomic E-state index is -0.0108. The third kappa shape index (κ3) is 2.25. The van der Waals surface area contributed by atoms with Gasteiger partial charge in [0.2, 0.25) is 5.91 Å². The fraction of sp³-hybridized carbons (Fsp3) is 0.810. The molecule has 0 bridgehead atoms. The molecule has 1 saturated heterocycles. The Morgan fingerprint density at radius 3 is 2.64 bits per heavy atom. The lowest BCUT2D eigenvalue weighted by atomic mass is 9.48. The van der Waals surface area contributed by atoms with E-state index in [9.17, 15) is 9.59 Å².